The molecule has 0 atom stereocenters. The predicted octanol–water partition coefficient (Wildman–Crippen LogP) is 1.69. The highest BCUT2D eigenvalue weighted by atomic mass is 19.1. The third-order valence-electron chi connectivity index (χ3n) is 2.33. The van der Waals surface area contributed by atoms with Gasteiger partial charge in [0.1, 0.15) is 5.82 Å². The minimum absolute atomic E-state index is 0.300. The molecule has 0 saturated heterocycles. The van der Waals surface area contributed by atoms with Crippen LogP contribution in [-0.4, -0.2) is 26.5 Å². The van der Waals surface area contributed by atoms with Gasteiger partial charge in [0.2, 0.25) is 0 Å². The van der Waals surface area contributed by atoms with Gasteiger partial charge in [-0.3, -0.25) is 0 Å². The van der Waals surface area contributed by atoms with Gasteiger partial charge in [0, 0.05) is 5.56 Å². The Hall–Kier alpha value is -1.95. The predicted molar refractivity (Wildman–Crippen MR) is 63.0 cm³/mol. The molecule has 0 aromatic carbocycles. The summed E-state index contributed by atoms with van der Waals surface area (Å²) in [6.07, 6.45) is 5.20. The maximum absolute atomic E-state index is 13.0. The van der Waals surface area contributed by atoms with Crippen molar-refractivity contribution < 1.29 is 14.2 Å². The van der Waals surface area contributed by atoms with Gasteiger partial charge in [0.25, 0.3) is 0 Å². The quantitative estimate of drug-likeness (QED) is 0.878. The maximum Gasteiger partial charge on any atom is 0.159 e. The molecule has 5 nitrogen and oxygen atoms in total. The minimum atomic E-state index is -0.489. The highest BCUT2D eigenvalue weighted by Gasteiger charge is 2.09. The van der Waals surface area contributed by atoms with Crippen LogP contribution in [0, 0.1) is 5.82 Å². The first-order valence-electron chi connectivity index (χ1n) is 5.67. The van der Waals surface area contributed by atoms with Crippen LogP contribution >= 0.6 is 0 Å². The van der Waals surface area contributed by atoms with Crippen LogP contribution in [0.15, 0.2) is 24.7 Å². The molecule has 0 aliphatic carbocycles. The summed E-state index contributed by atoms with van der Waals surface area (Å²) >= 11 is 0. The van der Waals surface area contributed by atoms with E-state index in [1.807, 2.05) is 6.92 Å². The molecule has 2 rings (SSSR count). The standard InChI is InChI=1S/C12H14FN3O2/c1-2-3-18-11-6-15-16(7-11)12-9(8-17)4-10(13)5-14-12/h4-7,17H,2-3,8H2,1H3. The number of hydrogen-bond acceptors (Lipinski definition) is 4. The van der Waals surface area contributed by atoms with E-state index < -0.39 is 5.82 Å². The number of nitrogens with zero attached hydrogens (tertiary/aromatic N) is 3. The van der Waals surface area contributed by atoms with Gasteiger partial charge in [-0.05, 0) is 12.5 Å². The van der Waals surface area contributed by atoms with Crippen molar-refractivity contribution in [1.29, 1.82) is 0 Å². The molecular weight excluding hydrogens is 237 g/mol. The smallest absolute Gasteiger partial charge is 0.159 e. The first kappa shape index (κ1) is 12.5. The van der Waals surface area contributed by atoms with Crippen molar-refractivity contribution in [2.24, 2.45) is 0 Å². The Labute approximate surface area is 104 Å². The van der Waals surface area contributed by atoms with Crippen LogP contribution in [0.4, 0.5) is 4.39 Å². The van der Waals surface area contributed by atoms with Gasteiger partial charge in [-0.2, -0.15) is 5.10 Å². The van der Waals surface area contributed by atoms with Gasteiger partial charge < -0.3 is 9.84 Å². The molecule has 2 heterocycles. The van der Waals surface area contributed by atoms with Crippen molar-refractivity contribution in [2.45, 2.75) is 20.0 Å². The lowest BCUT2D eigenvalue weighted by Crippen LogP contribution is -2.04. The van der Waals surface area contributed by atoms with Crippen LogP contribution in [0.3, 0.4) is 0 Å². The molecule has 96 valence electrons. The SMILES string of the molecule is CCCOc1cnn(-c2ncc(F)cc2CO)c1. The second kappa shape index (κ2) is 5.59. The molecule has 0 saturated carbocycles. The van der Waals surface area contributed by atoms with Gasteiger partial charge in [-0.15, -0.1) is 0 Å². The summed E-state index contributed by atoms with van der Waals surface area (Å²) in [5, 5.41) is 13.2. The molecule has 0 aliphatic rings. The van der Waals surface area contributed by atoms with Crippen molar-refractivity contribution in [3.63, 3.8) is 0 Å². The molecule has 0 fully saturated rings. The van der Waals surface area contributed by atoms with Crippen LogP contribution in [0.25, 0.3) is 5.82 Å². The first-order chi connectivity index (χ1) is 8.74. The zero-order valence-corrected chi connectivity index (χ0v) is 10.0. The minimum Gasteiger partial charge on any atom is -0.490 e. The normalized spacial score (nSPS) is 10.6. The van der Waals surface area contributed by atoms with Crippen LogP contribution in [0.2, 0.25) is 0 Å². The van der Waals surface area contributed by atoms with E-state index in [0.717, 1.165) is 12.6 Å². The lowest BCUT2D eigenvalue weighted by Gasteiger charge is -2.05. The van der Waals surface area contributed by atoms with Crippen LogP contribution < -0.4 is 4.74 Å². The molecule has 18 heavy (non-hydrogen) atoms. The van der Waals surface area contributed by atoms with E-state index in [-0.39, 0.29) is 6.61 Å². The van der Waals surface area contributed by atoms with Gasteiger partial charge in [-0.1, -0.05) is 6.92 Å². The number of pyridine rings is 1. The van der Waals surface area contributed by atoms with Crippen LogP contribution in [0.5, 0.6) is 5.75 Å². The zero-order chi connectivity index (χ0) is 13.0. The second-order valence-corrected chi connectivity index (χ2v) is 3.76. The third kappa shape index (κ3) is 2.65. The Bertz CT molecular complexity index is 528. The fraction of sp³-hybridized carbons (Fsp3) is 0.333. The number of aromatic nitrogens is 3. The highest BCUT2D eigenvalue weighted by Crippen LogP contribution is 2.16. The number of rotatable bonds is 5. The van der Waals surface area contributed by atoms with E-state index in [1.165, 1.54) is 10.7 Å². The monoisotopic (exact) mass is 251 g/mol. The fourth-order valence-electron chi connectivity index (χ4n) is 1.51. The summed E-state index contributed by atoms with van der Waals surface area (Å²) in [6, 6.07) is 1.23. The van der Waals surface area contributed by atoms with Crippen molar-refractivity contribution >= 4 is 0 Å². The Morgan fingerprint density at radius 3 is 3.00 bits per heavy atom. The van der Waals surface area contributed by atoms with Gasteiger partial charge in [-0.25, -0.2) is 14.1 Å². The molecule has 1 N–H and O–H groups in total. The van der Waals surface area contributed by atoms with Crippen molar-refractivity contribution in [3.05, 3.63) is 36.0 Å². The van der Waals surface area contributed by atoms with Crippen molar-refractivity contribution in [1.82, 2.24) is 14.8 Å². The van der Waals surface area contributed by atoms with Crippen LogP contribution in [0.1, 0.15) is 18.9 Å². The summed E-state index contributed by atoms with van der Waals surface area (Å²) < 4.78 is 19.9. The Morgan fingerprint density at radius 1 is 1.44 bits per heavy atom. The summed E-state index contributed by atoms with van der Waals surface area (Å²) in [4.78, 5) is 3.92. The molecule has 2 aromatic rings. The highest BCUT2D eigenvalue weighted by molar-refractivity contribution is 5.34. The van der Waals surface area contributed by atoms with E-state index in [1.54, 1.807) is 12.4 Å². The molecule has 2 aromatic heterocycles. The maximum atomic E-state index is 13.0. The largest absolute Gasteiger partial charge is 0.490 e. The molecule has 0 bridgehead atoms. The van der Waals surface area contributed by atoms with E-state index in [0.29, 0.717) is 23.7 Å². The first-order valence-corrected chi connectivity index (χ1v) is 5.67. The van der Waals surface area contributed by atoms with Crippen molar-refractivity contribution in [3.8, 4) is 11.6 Å². The average molecular weight is 251 g/mol. The second-order valence-electron chi connectivity index (χ2n) is 3.76. The lowest BCUT2D eigenvalue weighted by molar-refractivity contribution is 0.280. The molecular formula is C12H14FN3O2. The lowest BCUT2D eigenvalue weighted by atomic mass is 10.2. The van der Waals surface area contributed by atoms with Gasteiger partial charge in [0.05, 0.1) is 31.8 Å². The molecule has 0 amide bonds. The molecule has 0 spiro atoms. The molecule has 0 aliphatic heterocycles. The molecule has 6 heteroatoms. The van der Waals surface area contributed by atoms with Crippen molar-refractivity contribution in [2.75, 3.05) is 6.61 Å². The summed E-state index contributed by atoms with van der Waals surface area (Å²) in [6.45, 7) is 2.32. The number of aliphatic hydroxyl groups excluding tert-OH is 1. The summed E-state index contributed by atoms with van der Waals surface area (Å²) in [5.41, 5.74) is 0.375. The van der Waals surface area contributed by atoms with E-state index in [9.17, 15) is 9.50 Å². The molecule has 0 unspecified atom stereocenters. The summed E-state index contributed by atoms with van der Waals surface area (Å²) in [5.74, 6) is 0.523. The van der Waals surface area contributed by atoms with E-state index in [2.05, 4.69) is 10.1 Å². The number of aliphatic hydroxyl groups is 1. The average Bonchev–Trinajstić information content (AvgIpc) is 2.84. The Morgan fingerprint density at radius 2 is 2.28 bits per heavy atom. The Kier molecular flexibility index (Phi) is 3.88. The third-order valence-corrected chi connectivity index (χ3v) is 2.33. The summed E-state index contributed by atoms with van der Waals surface area (Å²) in [7, 11) is 0. The topological polar surface area (TPSA) is 60.2 Å². The van der Waals surface area contributed by atoms with Gasteiger partial charge in [0.15, 0.2) is 11.6 Å². The number of ether oxygens (including phenoxy) is 1. The van der Waals surface area contributed by atoms with Crippen LogP contribution in [-0.2, 0) is 6.61 Å². The number of halogens is 1. The number of hydrogen-bond donors (Lipinski definition) is 1. The zero-order valence-electron chi connectivity index (χ0n) is 10.0. The van der Waals surface area contributed by atoms with E-state index >= 15 is 0 Å². The van der Waals surface area contributed by atoms with Gasteiger partial charge >= 0.3 is 0 Å². The Balaban J connectivity index is 2.28. The fourth-order valence-corrected chi connectivity index (χ4v) is 1.51. The van der Waals surface area contributed by atoms with E-state index in [4.69, 9.17) is 4.74 Å². The molecule has 0 radical (unpaired) electrons.